The molecule has 1 saturated carbocycles. The Morgan fingerprint density at radius 1 is 1.32 bits per heavy atom. The minimum atomic E-state index is -0.877. The normalized spacial score (nSPS) is 29.8. The van der Waals surface area contributed by atoms with E-state index < -0.39 is 23.2 Å². The van der Waals surface area contributed by atoms with Gasteiger partial charge in [-0.25, -0.2) is 0 Å². The van der Waals surface area contributed by atoms with Gasteiger partial charge in [0, 0.05) is 26.2 Å². The highest BCUT2D eigenvalue weighted by atomic mass is 16.5. The third-order valence-corrected chi connectivity index (χ3v) is 4.21. The van der Waals surface area contributed by atoms with E-state index in [2.05, 4.69) is 10.2 Å². The zero-order chi connectivity index (χ0) is 14.0. The quantitative estimate of drug-likeness (QED) is 0.723. The van der Waals surface area contributed by atoms with Crippen molar-refractivity contribution in [2.75, 3.05) is 39.4 Å². The maximum atomic E-state index is 12.0. The van der Waals surface area contributed by atoms with E-state index in [1.54, 1.807) is 0 Å². The van der Waals surface area contributed by atoms with Crippen LogP contribution in [0.25, 0.3) is 0 Å². The van der Waals surface area contributed by atoms with Crippen LogP contribution in [0.5, 0.6) is 0 Å². The fourth-order valence-corrected chi connectivity index (χ4v) is 2.86. The molecule has 0 aromatic heterocycles. The molecule has 1 amide bonds. The van der Waals surface area contributed by atoms with Crippen LogP contribution in [0.1, 0.15) is 13.8 Å². The summed E-state index contributed by atoms with van der Waals surface area (Å²) in [6.07, 6.45) is 0. The zero-order valence-corrected chi connectivity index (χ0v) is 11.5. The number of aliphatic carboxylic acids is 1. The Balaban J connectivity index is 1.72. The van der Waals surface area contributed by atoms with E-state index >= 15 is 0 Å². The summed E-state index contributed by atoms with van der Waals surface area (Å²) in [7, 11) is 0. The van der Waals surface area contributed by atoms with Crippen LogP contribution in [-0.2, 0) is 14.3 Å². The second-order valence-electron chi connectivity index (χ2n) is 5.86. The monoisotopic (exact) mass is 270 g/mol. The molecule has 1 saturated heterocycles. The van der Waals surface area contributed by atoms with Gasteiger partial charge in [-0.2, -0.15) is 0 Å². The average Bonchev–Trinajstić information content (AvgIpc) is 2.94. The van der Waals surface area contributed by atoms with Crippen molar-refractivity contribution in [3.8, 4) is 0 Å². The van der Waals surface area contributed by atoms with Gasteiger partial charge in [-0.1, -0.05) is 13.8 Å². The van der Waals surface area contributed by atoms with Crippen molar-refractivity contribution in [2.45, 2.75) is 13.8 Å². The molecule has 19 heavy (non-hydrogen) atoms. The van der Waals surface area contributed by atoms with Crippen LogP contribution in [-0.4, -0.2) is 61.3 Å². The van der Waals surface area contributed by atoms with E-state index in [-0.39, 0.29) is 5.91 Å². The lowest BCUT2D eigenvalue weighted by atomic mass is 10.1. The maximum Gasteiger partial charge on any atom is 0.307 e. The number of hydrogen-bond acceptors (Lipinski definition) is 4. The standard InChI is InChI=1S/C13H22N2O4/c1-13(2)9(10(13)12(17)18)11(16)14-3-4-15-5-7-19-8-6-15/h9-10H,3-8H2,1-2H3,(H,14,16)(H,17,18). The van der Waals surface area contributed by atoms with Crippen molar-refractivity contribution in [3.63, 3.8) is 0 Å². The van der Waals surface area contributed by atoms with Gasteiger partial charge in [0.1, 0.15) is 0 Å². The predicted octanol–water partition coefficient (Wildman–Crippen LogP) is -0.208. The highest BCUT2D eigenvalue weighted by Gasteiger charge is 2.65. The van der Waals surface area contributed by atoms with Gasteiger partial charge >= 0.3 is 5.97 Å². The molecule has 2 atom stereocenters. The maximum absolute atomic E-state index is 12.0. The number of nitrogens with zero attached hydrogens (tertiary/aromatic N) is 1. The minimum absolute atomic E-state index is 0.134. The first-order valence-electron chi connectivity index (χ1n) is 6.75. The van der Waals surface area contributed by atoms with Gasteiger partial charge in [-0.3, -0.25) is 14.5 Å². The predicted molar refractivity (Wildman–Crippen MR) is 68.7 cm³/mol. The molecule has 1 aliphatic carbocycles. The van der Waals surface area contributed by atoms with Crippen LogP contribution in [0, 0.1) is 17.3 Å². The second kappa shape index (κ2) is 5.46. The number of carbonyl (C=O) groups is 2. The van der Waals surface area contributed by atoms with Crippen molar-refractivity contribution in [1.82, 2.24) is 10.2 Å². The molecule has 0 bridgehead atoms. The molecule has 2 fully saturated rings. The van der Waals surface area contributed by atoms with Crippen LogP contribution in [0.15, 0.2) is 0 Å². The summed E-state index contributed by atoms with van der Waals surface area (Å²) in [5, 5.41) is 11.9. The van der Waals surface area contributed by atoms with E-state index in [0.717, 1.165) is 32.8 Å². The first-order chi connectivity index (χ1) is 8.94. The first kappa shape index (κ1) is 14.3. The number of carboxylic acids is 1. The number of amides is 1. The number of hydrogen-bond donors (Lipinski definition) is 2. The molecule has 0 radical (unpaired) electrons. The van der Waals surface area contributed by atoms with Gasteiger partial charge in [0.15, 0.2) is 0 Å². The molecule has 2 N–H and O–H groups in total. The summed E-state index contributed by atoms with van der Waals surface area (Å²) in [5.41, 5.74) is -0.422. The summed E-state index contributed by atoms with van der Waals surface area (Å²) in [6, 6.07) is 0. The van der Waals surface area contributed by atoms with E-state index in [1.165, 1.54) is 0 Å². The minimum Gasteiger partial charge on any atom is -0.481 e. The van der Waals surface area contributed by atoms with Crippen LogP contribution < -0.4 is 5.32 Å². The molecular formula is C13H22N2O4. The third kappa shape index (κ3) is 3.06. The second-order valence-corrected chi connectivity index (χ2v) is 5.86. The van der Waals surface area contributed by atoms with Gasteiger partial charge in [0.05, 0.1) is 25.0 Å². The van der Waals surface area contributed by atoms with Gasteiger partial charge in [-0.15, -0.1) is 0 Å². The van der Waals surface area contributed by atoms with Gasteiger partial charge in [0.25, 0.3) is 0 Å². The highest BCUT2D eigenvalue weighted by Crippen LogP contribution is 2.58. The number of carbonyl (C=O) groups excluding carboxylic acids is 1. The largest absolute Gasteiger partial charge is 0.481 e. The fraction of sp³-hybridized carbons (Fsp3) is 0.846. The third-order valence-electron chi connectivity index (χ3n) is 4.21. The van der Waals surface area contributed by atoms with Crippen molar-refractivity contribution in [3.05, 3.63) is 0 Å². The van der Waals surface area contributed by atoms with E-state index in [0.29, 0.717) is 6.54 Å². The summed E-state index contributed by atoms with van der Waals surface area (Å²) >= 11 is 0. The van der Waals surface area contributed by atoms with E-state index in [4.69, 9.17) is 9.84 Å². The molecule has 108 valence electrons. The number of nitrogens with one attached hydrogen (secondary N) is 1. The Morgan fingerprint density at radius 3 is 2.47 bits per heavy atom. The lowest BCUT2D eigenvalue weighted by molar-refractivity contribution is -0.140. The van der Waals surface area contributed by atoms with Crippen LogP contribution in [0.2, 0.25) is 0 Å². The Labute approximate surface area is 113 Å². The fourth-order valence-electron chi connectivity index (χ4n) is 2.86. The smallest absolute Gasteiger partial charge is 0.307 e. The molecule has 0 spiro atoms. The molecule has 0 aromatic carbocycles. The number of rotatable bonds is 5. The Hall–Kier alpha value is -1.14. The highest BCUT2D eigenvalue weighted by molar-refractivity contribution is 5.91. The summed E-state index contributed by atoms with van der Waals surface area (Å²) in [6.45, 7) is 8.29. The van der Waals surface area contributed by atoms with Crippen molar-refractivity contribution in [1.29, 1.82) is 0 Å². The van der Waals surface area contributed by atoms with Gasteiger partial charge in [0.2, 0.25) is 5.91 Å². The van der Waals surface area contributed by atoms with Crippen molar-refractivity contribution < 1.29 is 19.4 Å². The topological polar surface area (TPSA) is 78.9 Å². The molecule has 2 rings (SSSR count). The molecule has 0 aromatic rings. The Kier molecular flexibility index (Phi) is 4.10. The van der Waals surface area contributed by atoms with Crippen LogP contribution in [0.4, 0.5) is 0 Å². The summed E-state index contributed by atoms with van der Waals surface area (Å²) in [4.78, 5) is 25.2. The molecular weight excluding hydrogens is 248 g/mol. The molecule has 6 nitrogen and oxygen atoms in total. The summed E-state index contributed by atoms with van der Waals surface area (Å²) in [5.74, 6) is -1.95. The van der Waals surface area contributed by atoms with Crippen molar-refractivity contribution >= 4 is 11.9 Å². The molecule has 2 unspecified atom stereocenters. The Morgan fingerprint density at radius 2 is 1.95 bits per heavy atom. The van der Waals surface area contributed by atoms with Crippen LogP contribution >= 0.6 is 0 Å². The molecule has 2 aliphatic rings. The van der Waals surface area contributed by atoms with Crippen LogP contribution in [0.3, 0.4) is 0 Å². The Bertz CT molecular complexity index is 364. The van der Waals surface area contributed by atoms with Gasteiger partial charge in [-0.05, 0) is 5.41 Å². The molecule has 1 aliphatic heterocycles. The van der Waals surface area contributed by atoms with Crippen molar-refractivity contribution in [2.24, 2.45) is 17.3 Å². The number of morpholine rings is 1. The van der Waals surface area contributed by atoms with E-state index in [1.807, 2.05) is 13.8 Å². The number of carboxylic acid groups (broad SMARTS) is 1. The molecule has 6 heteroatoms. The van der Waals surface area contributed by atoms with Gasteiger partial charge < -0.3 is 15.2 Å². The number of ether oxygens (including phenoxy) is 1. The zero-order valence-electron chi connectivity index (χ0n) is 11.5. The average molecular weight is 270 g/mol. The lowest BCUT2D eigenvalue weighted by Gasteiger charge is -2.26. The summed E-state index contributed by atoms with van der Waals surface area (Å²) < 4.78 is 5.25. The molecule has 1 heterocycles. The first-order valence-corrected chi connectivity index (χ1v) is 6.75. The SMILES string of the molecule is CC1(C)C(C(=O)O)C1C(=O)NCCN1CCOCC1. The van der Waals surface area contributed by atoms with E-state index in [9.17, 15) is 9.59 Å². The lowest BCUT2D eigenvalue weighted by Crippen LogP contribution is -2.41.